The highest BCUT2D eigenvalue weighted by Crippen LogP contribution is 2.00. The van der Waals surface area contributed by atoms with Gasteiger partial charge in [-0.2, -0.15) is 0 Å². The van der Waals surface area contributed by atoms with Gasteiger partial charge in [0.05, 0.1) is 0 Å². The van der Waals surface area contributed by atoms with Gasteiger partial charge in [0, 0.05) is 13.1 Å². The van der Waals surface area contributed by atoms with Crippen LogP contribution in [0.4, 0.5) is 4.79 Å². The Balaban J connectivity index is 2.05. The molecule has 1 amide bonds. The number of hydrogen-bond acceptors (Lipinski definition) is 4. The maximum atomic E-state index is 11.3. The van der Waals surface area contributed by atoms with Crippen molar-refractivity contribution in [1.29, 1.82) is 0 Å². The summed E-state index contributed by atoms with van der Waals surface area (Å²) in [6.07, 6.45) is 1.19. The zero-order valence-electron chi connectivity index (χ0n) is 9.69. The van der Waals surface area contributed by atoms with Gasteiger partial charge in [0.25, 0.3) is 0 Å². The first kappa shape index (κ1) is 13.5. The lowest BCUT2D eigenvalue weighted by atomic mass is 10.2. The Morgan fingerprint density at radius 1 is 1.18 bits per heavy atom. The van der Waals surface area contributed by atoms with Crippen LogP contribution in [0.25, 0.3) is 0 Å². The first-order chi connectivity index (χ1) is 8.33. The van der Waals surface area contributed by atoms with E-state index in [0.29, 0.717) is 13.1 Å². The quantitative estimate of drug-likeness (QED) is 0.499. The molecule has 0 radical (unpaired) electrons. The molecular formula is C12H18N2O3. The van der Waals surface area contributed by atoms with E-state index >= 15 is 0 Å². The molecule has 0 unspecified atom stereocenters. The van der Waals surface area contributed by atoms with E-state index in [2.05, 4.69) is 10.8 Å². The molecule has 0 aliphatic rings. The Labute approximate surface area is 101 Å². The smallest absolute Gasteiger partial charge is 0.407 e. The number of alkyl carbamates (subject to hydrolysis) is 1. The van der Waals surface area contributed by atoms with Crippen LogP contribution in [0.2, 0.25) is 0 Å². The van der Waals surface area contributed by atoms with Gasteiger partial charge in [0.15, 0.2) is 0 Å². The summed E-state index contributed by atoms with van der Waals surface area (Å²) in [4.78, 5) is 11.3. The first-order valence-electron chi connectivity index (χ1n) is 5.64. The number of carbonyl (C=O) groups is 1. The van der Waals surface area contributed by atoms with Crippen LogP contribution in [0.5, 0.6) is 0 Å². The second-order valence-corrected chi connectivity index (χ2v) is 3.60. The molecule has 94 valence electrons. The number of hydrogen-bond donors (Lipinski definition) is 3. The number of amides is 1. The number of unbranched alkanes of at least 4 members (excludes halogenated alkanes) is 1. The fourth-order valence-electron chi connectivity index (χ4n) is 1.29. The minimum atomic E-state index is -0.411. The molecule has 0 aromatic heterocycles. The topological polar surface area (TPSA) is 70.6 Å². The van der Waals surface area contributed by atoms with Crippen LogP contribution in [0, 0.1) is 0 Å². The Hall–Kier alpha value is -1.59. The van der Waals surface area contributed by atoms with Crippen molar-refractivity contribution in [3.05, 3.63) is 35.9 Å². The molecule has 0 bridgehead atoms. The van der Waals surface area contributed by atoms with Crippen molar-refractivity contribution in [2.45, 2.75) is 19.4 Å². The van der Waals surface area contributed by atoms with Crippen molar-refractivity contribution < 1.29 is 14.7 Å². The molecule has 5 heteroatoms. The molecule has 0 fully saturated rings. The number of hydroxylamine groups is 1. The average molecular weight is 238 g/mol. The molecule has 0 aliphatic carbocycles. The van der Waals surface area contributed by atoms with E-state index in [1.54, 1.807) is 0 Å². The van der Waals surface area contributed by atoms with E-state index in [9.17, 15) is 4.79 Å². The Kier molecular flexibility index (Phi) is 6.78. The third-order valence-corrected chi connectivity index (χ3v) is 2.20. The molecule has 0 heterocycles. The van der Waals surface area contributed by atoms with Gasteiger partial charge >= 0.3 is 6.09 Å². The van der Waals surface area contributed by atoms with Gasteiger partial charge in [-0.15, -0.1) is 0 Å². The van der Waals surface area contributed by atoms with E-state index in [0.717, 1.165) is 18.4 Å². The normalized spacial score (nSPS) is 9.94. The van der Waals surface area contributed by atoms with E-state index in [4.69, 9.17) is 9.94 Å². The molecule has 0 aliphatic heterocycles. The van der Waals surface area contributed by atoms with Crippen molar-refractivity contribution in [2.24, 2.45) is 0 Å². The van der Waals surface area contributed by atoms with Crippen LogP contribution in [-0.4, -0.2) is 24.4 Å². The maximum Gasteiger partial charge on any atom is 0.407 e. The summed E-state index contributed by atoms with van der Waals surface area (Å²) in [5.41, 5.74) is 3.02. The molecule has 1 aromatic rings. The summed E-state index contributed by atoms with van der Waals surface area (Å²) in [5.74, 6) is 0. The summed E-state index contributed by atoms with van der Waals surface area (Å²) in [6, 6.07) is 9.52. The summed E-state index contributed by atoms with van der Waals surface area (Å²) in [5, 5.41) is 11.0. The van der Waals surface area contributed by atoms with Crippen LogP contribution in [0.3, 0.4) is 0 Å². The maximum absolute atomic E-state index is 11.3. The molecule has 17 heavy (non-hydrogen) atoms. The SMILES string of the molecule is O=C(NCCCCNO)OCc1ccccc1. The minimum absolute atomic E-state index is 0.283. The molecule has 0 saturated heterocycles. The lowest BCUT2D eigenvalue weighted by Gasteiger charge is -2.06. The zero-order chi connectivity index (χ0) is 12.3. The first-order valence-corrected chi connectivity index (χ1v) is 5.64. The fraction of sp³-hybridized carbons (Fsp3) is 0.417. The van der Waals surface area contributed by atoms with Gasteiger partial charge in [-0.05, 0) is 18.4 Å². The van der Waals surface area contributed by atoms with Crippen LogP contribution in [0.15, 0.2) is 30.3 Å². The Morgan fingerprint density at radius 2 is 1.88 bits per heavy atom. The van der Waals surface area contributed by atoms with Crippen LogP contribution < -0.4 is 10.8 Å². The molecule has 0 saturated carbocycles. The lowest BCUT2D eigenvalue weighted by molar-refractivity contribution is 0.139. The van der Waals surface area contributed by atoms with Gasteiger partial charge < -0.3 is 15.3 Å². The van der Waals surface area contributed by atoms with Crippen LogP contribution in [0.1, 0.15) is 18.4 Å². The Bertz CT molecular complexity index is 317. The molecule has 0 atom stereocenters. The minimum Gasteiger partial charge on any atom is -0.445 e. The largest absolute Gasteiger partial charge is 0.445 e. The second kappa shape index (κ2) is 8.55. The highest BCUT2D eigenvalue weighted by atomic mass is 16.5. The predicted molar refractivity (Wildman–Crippen MR) is 63.7 cm³/mol. The van der Waals surface area contributed by atoms with Crippen molar-refractivity contribution in [1.82, 2.24) is 10.8 Å². The number of nitrogens with one attached hydrogen (secondary N) is 2. The molecule has 0 spiro atoms. The summed E-state index contributed by atoms with van der Waals surface area (Å²) >= 11 is 0. The van der Waals surface area contributed by atoms with E-state index in [-0.39, 0.29) is 6.61 Å². The van der Waals surface area contributed by atoms with Crippen LogP contribution >= 0.6 is 0 Å². The second-order valence-electron chi connectivity index (χ2n) is 3.60. The molecule has 1 rings (SSSR count). The zero-order valence-corrected chi connectivity index (χ0v) is 9.69. The van der Waals surface area contributed by atoms with Gasteiger partial charge in [-0.25, -0.2) is 10.3 Å². The van der Waals surface area contributed by atoms with Gasteiger partial charge in [0.1, 0.15) is 6.61 Å². The summed E-state index contributed by atoms with van der Waals surface area (Å²) < 4.78 is 5.02. The lowest BCUT2D eigenvalue weighted by Crippen LogP contribution is -2.25. The summed E-state index contributed by atoms with van der Waals surface area (Å²) in [6.45, 7) is 1.36. The summed E-state index contributed by atoms with van der Waals surface area (Å²) in [7, 11) is 0. The van der Waals surface area contributed by atoms with E-state index < -0.39 is 6.09 Å². The van der Waals surface area contributed by atoms with Gasteiger partial charge in [0.2, 0.25) is 0 Å². The highest BCUT2D eigenvalue weighted by molar-refractivity contribution is 5.67. The molecule has 3 N–H and O–H groups in total. The van der Waals surface area contributed by atoms with Crippen molar-refractivity contribution in [3.63, 3.8) is 0 Å². The van der Waals surface area contributed by atoms with Crippen molar-refractivity contribution in [3.8, 4) is 0 Å². The standard InChI is InChI=1S/C12H18N2O3/c15-12(13-8-4-5-9-14-16)17-10-11-6-2-1-3-7-11/h1-3,6-7,14,16H,4-5,8-10H2,(H,13,15). The van der Waals surface area contributed by atoms with Crippen molar-refractivity contribution >= 4 is 6.09 Å². The third kappa shape index (κ3) is 6.55. The third-order valence-electron chi connectivity index (χ3n) is 2.20. The Morgan fingerprint density at radius 3 is 2.59 bits per heavy atom. The van der Waals surface area contributed by atoms with Gasteiger partial charge in [-0.1, -0.05) is 30.3 Å². The number of ether oxygens (including phenoxy) is 1. The molecule has 1 aromatic carbocycles. The number of carbonyl (C=O) groups excluding carboxylic acids is 1. The average Bonchev–Trinajstić information content (AvgIpc) is 2.37. The van der Waals surface area contributed by atoms with Crippen LogP contribution in [-0.2, 0) is 11.3 Å². The monoisotopic (exact) mass is 238 g/mol. The fourth-order valence-corrected chi connectivity index (χ4v) is 1.29. The molecule has 5 nitrogen and oxygen atoms in total. The van der Waals surface area contributed by atoms with Gasteiger partial charge in [-0.3, -0.25) is 0 Å². The number of rotatable bonds is 7. The predicted octanol–water partition coefficient (Wildman–Crippen LogP) is 1.67. The number of benzene rings is 1. The van der Waals surface area contributed by atoms with E-state index in [1.807, 2.05) is 30.3 Å². The molecular weight excluding hydrogens is 220 g/mol. The van der Waals surface area contributed by atoms with E-state index in [1.165, 1.54) is 0 Å². The highest BCUT2D eigenvalue weighted by Gasteiger charge is 2.00. The van der Waals surface area contributed by atoms with Crippen molar-refractivity contribution in [2.75, 3.05) is 13.1 Å².